The number of carbonyl (C=O) groups is 1. The Hall–Kier alpha value is -2.60. The van der Waals surface area contributed by atoms with Gasteiger partial charge in [-0.3, -0.25) is 4.79 Å². The molecule has 0 aliphatic rings. The zero-order chi connectivity index (χ0) is 15.2. The molecule has 0 spiro atoms. The summed E-state index contributed by atoms with van der Waals surface area (Å²) in [5, 5.41) is 11.8. The van der Waals surface area contributed by atoms with Crippen LogP contribution in [0, 0.1) is 11.3 Å². The van der Waals surface area contributed by atoms with Crippen molar-refractivity contribution in [2.45, 2.75) is 26.3 Å². The second-order valence-corrected chi connectivity index (χ2v) is 4.98. The van der Waals surface area contributed by atoms with Crippen molar-refractivity contribution < 1.29 is 4.79 Å². The van der Waals surface area contributed by atoms with Crippen molar-refractivity contribution in [3.05, 3.63) is 70.8 Å². The van der Waals surface area contributed by atoms with Gasteiger partial charge >= 0.3 is 0 Å². The van der Waals surface area contributed by atoms with Crippen molar-refractivity contribution in [1.29, 1.82) is 5.26 Å². The first-order chi connectivity index (χ1) is 10.1. The van der Waals surface area contributed by atoms with Crippen LogP contribution in [0.5, 0.6) is 0 Å². The SMILES string of the molecule is CCc1ccc(C(C)NC(=O)c2cccc(C#N)c2)cc1. The number of rotatable bonds is 4. The number of nitrogens with zero attached hydrogens (tertiary/aromatic N) is 1. The fraction of sp³-hybridized carbons (Fsp3) is 0.222. The van der Waals surface area contributed by atoms with Crippen molar-refractivity contribution in [1.82, 2.24) is 5.32 Å². The van der Waals surface area contributed by atoms with Crippen LogP contribution in [-0.2, 0) is 6.42 Å². The summed E-state index contributed by atoms with van der Waals surface area (Å²) < 4.78 is 0. The van der Waals surface area contributed by atoms with Crippen LogP contribution in [0.15, 0.2) is 48.5 Å². The van der Waals surface area contributed by atoms with E-state index < -0.39 is 0 Å². The van der Waals surface area contributed by atoms with Gasteiger partial charge in [0.2, 0.25) is 0 Å². The second-order valence-electron chi connectivity index (χ2n) is 4.98. The lowest BCUT2D eigenvalue weighted by atomic mass is 10.0. The van der Waals surface area contributed by atoms with E-state index in [1.54, 1.807) is 24.3 Å². The number of carbonyl (C=O) groups excluding carboxylic acids is 1. The minimum atomic E-state index is -0.167. The molecule has 0 saturated heterocycles. The third kappa shape index (κ3) is 3.70. The molecule has 21 heavy (non-hydrogen) atoms. The maximum absolute atomic E-state index is 12.2. The average Bonchev–Trinajstić information content (AvgIpc) is 2.54. The highest BCUT2D eigenvalue weighted by molar-refractivity contribution is 5.94. The molecule has 3 nitrogen and oxygen atoms in total. The predicted molar refractivity (Wildman–Crippen MR) is 82.9 cm³/mol. The Morgan fingerprint density at radius 1 is 1.24 bits per heavy atom. The molecule has 0 aliphatic heterocycles. The zero-order valence-corrected chi connectivity index (χ0v) is 12.3. The molecule has 2 aromatic carbocycles. The Balaban J connectivity index is 2.09. The summed E-state index contributed by atoms with van der Waals surface area (Å²) in [7, 11) is 0. The van der Waals surface area contributed by atoms with Crippen LogP contribution in [-0.4, -0.2) is 5.91 Å². The van der Waals surface area contributed by atoms with Gasteiger partial charge < -0.3 is 5.32 Å². The Labute approximate surface area is 125 Å². The molecule has 1 unspecified atom stereocenters. The van der Waals surface area contributed by atoms with Crippen molar-refractivity contribution in [3.8, 4) is 6.07 Å². The predicted octanol–water partition coefficient (Wildman–Crippen LogP) is 3.61. The van der Waals surface area contributed by atoms with Crippen molar-refractivity contribution >= 4 is 5.91 Å². The summed E-state index contributed by atoms with van der Waals surface area (Å²) in [6.07, 6.45) is 1.00. The molecule has 0 fully saturated rings. The number of hydrogen-bond donors (Lipinski definition) is 1. The fourth-order valence-corrected chi connectivity index (χ4v) is 2.14. The number of hydrogen-bond acceptors (Lipinski definition) is 2. The van der Waals surface area contributed by atoms with Gasteiger partial charge in [-0.25, -0.2) is 0 Å². The summed E-state index contributed by atoms with van der Waals surface area (Å²) in [6, 6.07) is 16.9. The maximum atomic E-state index is 12.2. The standard InChI is InChI=1S/C18H18N2O/c1-3-14-7-9-16(10-8-14)13(2)20-18(21)17-6-4-5-15(11-17)12-19/h4-11,13H,3H2,1-2H3,(H,20,21). The van der Waals surface area contributed by atoms with Gasteiger partial charge in [-0.05, 0) is 42.7 Å². The van der Waals surface area contributed by atoms with Gasteiger partial charge in [-0.1, -0.05) is 37.3 Å². The highest BCUT2D eigenvalue weighted by Crippen LogP contribution is 2.15. The van der Waals surface area contributed by atoms with Crippen LogP contribution in [0.4, 0.5) is 0 Å². The molecule has 0 radical (unpaired) electrons. The Bertz CT molecular complexity index is 668. The van der Waals surface area contributed by atoms with Crippen molar-refractivity contribution in [2.75, 3.05) is 0 Å². The molecule has 2 rings (SSSR count). The van der Waals surface area contributed by atoms with Crippen molar-refractivity contribution in [2.24, 2.45) is 0 Å². The number of nitriles is 1. The lowest BCUT2D eigenvalue weighted by molar-refractivity contribution is 0.0940. The van der Waals surface area contributed by atoms with E-state index in [4.69, 9.17) is 5.26 Å². The molecule has 3 heteroatoms. The molecule has 0 saturated carbocycles. The summed E-state index contributed by atoms with van der Waals surface area (Å²) in [5.74, 6) is -0.167. The van der Waals surface area contributed by atoms with Gasteiger partial charge in [0.05, 0.1) is 17.7 Å². The third-order valence-electron chi connectivity index (χ3n) is 3.49. The fourth-order valence-electron chi connectivity index (χ4n) is 2.14. The molecule has 0 aromatic heterocycles. The molecule has 1 N–H and O–H groups in total. The first kappa shape index (κ1) is 14.8. The Morgan fingerprint density at radius 3 is 2.57 bits per heavy atom. The smallest absolute Gasteiger partial charge is 0.251 e. The largest absolute Gasteiger partial charge is 0.346 e. The van der Waals surface area contributed by atoms with Gasteiger partial charge in [0.1, 0.15) is 0 Å². The molecular weight excluding hydrogens is 260 g/mol. The lowest BCUT2D eigenvalue weighted by Crippen LogP contribution is -2.26. The van der Waals surface area contributed by atoms with Crippen LogP contribution in [0.2, 0.25) is 0 Å². The van der Waals surface area contributed by atoms with Gasteiger partial charge in [0, 0.05) is 5.56 Å². The molecule has 0 aliphatic carbocycles. The van der Waals surface area contributed by atoms with Crippen molar-refractivity contribution in [3.63, 3.8) is 0 Å². The second kappa shape index (κ2) is 6.71. The van der Waals surface area contributed by atoms with E-state index in [0.29, 0.717) is 11.1 Å². The average molecular weight is 278 g/mol. The minimum absolute atomic E-state index is 0.0749. The van der Waals surface area contributed by atoms with E-state index in [1.807, 2.05) is 25.1 Å². The van der Waals surface area contributed by atoms with Gasteiger partial charge in [0.25, 0.3) is 5.91 Å². The Kier molecular flexibility index (Phi) is 4.73. The van der Waals surface area contributed by atoms with Crippen LogP contribution < -0.4 is 5.32 Å². The highest BCUT2D eigenvalue weighted by Gasteiger charge is 2.11. The summed E-state index contributed by atoms with van der Waals surface area (Å²) in [4.78, 5) is 12.2. The topological polar surface area (TPSA) is 52.9 Å². The van der Waals surface area contributed by atoms with E-state index in [-0.39, 0.29) is 11.9 Å². The van der Waals surface area contributed by atoms with Gasteiger partial charge in [-0.2, -0.15) is 5.26 Å². The number of amides is 1. The van der Waals surface area contributed by atoms with E-state index in [9.17, 15) is 4.79 Å². The van der Waals surface area contributed by atoms with Crippen LogP contribution in [0.3, 0.4) is 0 Å². The van der Waals surface area contributed by atoms with Gasteiger partial charge in [0.15, 0.2) is 0 Å². The summed E-state index contributed by atoms with van der Waals surface area (Å²) in [6.45, 7) is 4.06. The van der Waals surface area contributed by atoms with E-state index in [2.05, 4.69) is 24.4 Å². The number of aryl methyl sites for hydroxylation is 1. The van der Waals surface area contributed by atoms with Crippen LogP contribution in [0.1, 0.15) is 46.9 Å². The molecule has 2 aromatic rings. The van der Waals surface area contributed by atoms with E-state index in [0.717, 1.165) is 12.0 Å². The third-order valence-corrected chi connectivity index (χ3v) is 3.49. The maximum Gasteiger partial charge on any atom is 0.251 e. The summed E-state index contributed by atoms with van der Waals surface area (Å²) >= 11 is 0. The zero-order valence-electron chi connectivity index (χ0n) is 12.3. The first-order valence-corrected chi connectivity index (χ1v) is 7.04. The quantitative estimate of drug-likeness (QED) is 0.928. The number of benzene rings is 2. The van der Waals surface area contributed by atoms with Crippen LogP contribution >= 0.6 is 0 Å². The van der Waals surface area contributed by atoms with E-state index in [1.165, 1.54) is 5.56 Å². The Morgan fingerprint density at radius 2 is 1.95 bits per heavy atom. The first-order valence-electron chi connectivity index (χ1n) is 7.04. The molecule has 106 valence electrons. The van der Waals surface area contributed by atoms with Crippen LogP contribution in [0.25, 0.3) is 0 Å². The summed E-state index contributed by atoms with van der Waals surface area (Å²) in [5.41, 5.74) is 3.34. The van der Waals surface area contributed by atoms with E-state index >= 15 is 0 Å². The highest BCUT2D eigenvalue weighted by atomic mass is 16.1. The van der Waals surface area contributed by atoms with Gasteiger partial charge in [-0.15, -0.1) is 0 Å². The lowest BCUT2D eigenvalue weighted by Gasteiger charge is -2.15. The molecule has 1 atom stereocenters. The normalized spacial score (nSPS) is 11.5. The molecule has 1 amide bonds. The molecule has 0 heterocycles. The minimum Gasteiger partial charge on any atom is -0.346 e. The molecular formula is C18H18N2O. The molecule has 0 bridgehead atoms. The monoisotopic (exact) mass is 278 g/mol. The number of nitrogens with one attached hydrogen (secondary N) is 1.